The van der Waals surface area contributed by atoms with Gasteiger partial charge in [0.15, 0.2) is 0 Å². The van der Waals surface area contributed by atoms with Gasteiger partial charge in [0.05, 0.1) is 0 Å². The Morgan fingerprint density at radius 1 is 1.31 bits per heavy atom. The van der Waals surface area contributed by atoms with E-state index in [0.717, 1.165) is 17.8 Å². The van der Waals surface area contributed by atoms with Gasteiger partial charge in [0.2, 0.25) is 0 Å². The number of rotatable bonds is 0. The van der Waals surface area contributed by atoms with Crippen LogP contribution in [-0.4, -0.2) is 18.8 Å². The second-order valence-electron chi connectivity index (χ2n) is 4.56. The average molecular weight is 176 g/mol. The fourth-order valence-corrected chi connectivity index (χ4v) is 3.00. The predicted molar refractivity (Wildman–Crippen MR) is 53.8 cm³/mol. The van der Waals surface area contributed by atoms with Crippen LogP contribution in [-0.2, 0) is 0 Å². The van der Waals surface area contributed by atoms with E-state index in [1.165, 1.54) is 38.1 Å². The first-order valence-corrected chi connectivity index (χ1v) is 5.36. The molecule has 0 bridgehead atoms. The second-order valence-corrected chi connectivity index (χ2v) is 4.56. The van der Waals surface area contributed by atoms with Gasteiger partial charge in [-0.15, -0.1) is 0 Å². The second kappa shape index (κ2) is 2.95. The normalized spacial score (nSPS) is 42.5. The molecular weight excluding hydrogens is 160 g/mol. The van der Waals surface area contributed by atoms with Gasteiger partial charge < -0.3 is 5.32 Å². The summed E-state index contributed by atoms with van der Waals surface area (Å²) in [4.78, 5) is 4.52. The molecule has 0 aromatic carbocycles. The minimum Gasteiger partial charge on any atom is -0.316 e. The monoisotopic (exact) mass is 176 g/mol. The van der Waals surface area contributed by atoms with E-state index in [2.05, 4.69) is 16.4 Å². The molecule has 0 radical (unpaired) electrons. The van der Waals surface area contributed by atoms with Crippen LogP contribution in [0.3, 0.4) is 0 Å². The number of fused-ring (bicyclic) bond motifs is 2. The first-order chi connectivity index (χ1) is 6.43. The number of nitrogens with one attached hydrogen (secondary N) is 1. The molecule has 0 aromatic rings. The summed E-state index contributed by atoms with van der Waals surface area (Å²) in [5, 5.41) is 3.50. The molecule has 70 valence electrons. The van der Waals surface area contributed by atoms with E-state index in [9.17, 15) is 0 Å². The van der Waals surface area contributed by atoms with Gasteiger partial charge >= 0.3 is 0 Å². The largest absolute Gasteiger partial charge is 0.316 e. The van der Waals surface area contributed by atoms with Crippen molar-refractivity contribution in [1.82, 2.24) is 5.32 Å². The van der Waals surface area contributed by atoms with Crippen molar-refractivity contribution in [3.8, 4) is 0 Å². The van der Waals surface area contributed by atoms with E-state index in [0.29, 0.717) is 0 Å². The highest BCUT2D eigenvalue weighted by molar-refractivity contribution is 5.89. The zero-order valence-electron chi connectivity index (χ0n) is 7.87. The molecule has 3 atom stereocenters. The quantitative estimate of drug-likeness (QED) is 0.595. The van der Waals surface area contributed by atoms with Crippen LogP contribution >= 0.6 is 0 Å². The smallest absolute Gasteiger partial charge is 0.0227 e. The highest BCUT2D eigenvalue weighted by Gasteiger charge is 2.37. The summed E-state index contributed by atoms with van der Waals surface area (Å²) < 4.78 is 0. The molecule has 0 aromatic heterocycles. The Kier molecular flexibility index (Phi) is 1.76. The lowest BCUT2D eigenvalue weighted by Crippen LogP contribution is -2.31. The minimum atomic E-state index is 0.783. The Bertz CT molecular complexity index is 267. The van der Waals surface area contributed by atoms with Gasteiger partial charge in [-0.05, 0) is 44.2 Å². The maximum Gasteiger partial charge on any atom is 0.0227 e. The van der Waals surface area contributed by atoms with Crippen molar-refractivity contribution in [2.24, 2.45) is 22.7 Å². The van der Waals surface area contributed by atoms with E-state index in [4.69, 9.17) is 0 Å². The third kappa shape index (κ3) is 1.24. The molecule has 3 aliphatic rings. The Balaban J connectivity index is 1.83. The van der Waals surface area contributed by atoms with Crippen LogP contribution in [0.15, 0.2) is 17.3 Å². The third-order valence-corrected chi connectivity index (χ3v) is 3.78. The molecule has 1 aliphatic carbocycles. The summed E-state index contributed by atoms with van der Waals surface area (Å²) >= 11 is 0. The zero-order chi connectivity index (χ0) is 8.67. The number of nitrogens with zero attached hydrogens (tertiary/aromatic N) is 1. The Hall–Kier alpha value is -0.630. The Morgan fingerprint density at radius 2 is 2.23 bits per heavy atom. The molecule has 2 nitrogen and oxygen atoms in total. The van der Waals surface area contributed by atoms with E-state index >= 15 is 0 Å². The van der Waals surface area contributed by atoms with Gasteiger partial charge in [-0.3, -0.25) is 4.99 Å². The van der Waals surface area contributed by atoms with E-state index in [1.54, 1.807) is 0 Å². The van der Waals surface area contributed by atoms with Crippen LogP contribution in [0, 0.1) is 17.8 Å². The number of aliphatic imine (C=N–C) groups is 1. The Labute approximate surface area is 79.1 Å². The summed E-state index contributed by atoms with van der Waals surface area (Å²) in [5.41, 5.74) is 1.48. The van der Waals surface area contributed by atoms with Crippen molar-refractivity contribution >= 4 is 5.71 Å². The van der Waals surface area contributed by atoms with Gasteiger partial charge in [-0.25, -0.2) is 0 Å². The van der Waals surface area contributed by atoms with Crippen LogP contribution in [0.5, 0.6) is 0 Å². The maximum atomic E-state index is 4.52. The molecule has 3 unspecified atom stereocenters. The first kappa shape index (κ1) is 7.74. The molecular formula is C11H16N2. The maximum absolute atomic E-state index is 4.52. The van der Waals surface area contributed by atoms with Crippen molar-refractivity contribution in [2.75, 3.05) is 13.1 Å². The molecule has 2 fully saturated rings. The van der Waals surface area contributed by atoms with Crippen LogP contribution in [0.4, 0.5) is 0 Å². The zero-order valence-corrected chi connectivity index (χ0v) is 7.87. The highest BCUT2D eigenvalue weighted by atomic mass is 14.9. The predicted octanol–water partition coefficient (Wildman–Crippen LogP) is 1.59. The van der Waals surface area contributed by atoms with Crippen molar-refractivity contribution in [1.29, 1.82) is 0 Å². The molecule has 1 saturated heterocycles. The summed E-state index contributed by atoms with van der Waals surface area (Å²) in [5.74, 6) is 2.61. The molecule has 13 heavy (non-hydrogen) atoms. The van der Waals surface area contributed by atoms with Crippen LogP contribution in [0.1, 0.15) is 19.3 Å². The minimum absolute atomic E-state index is 0.783. The van der Waals surface area contributed by atoms with Crippen LogP contribution < -0.4 is 5.32 Å². The van der Waals surface area contributed by atoms with Crippen LogP contribution in [0.25, 0.3) is 0 Å². The summed E-state index contributed by atoms with van der Waals surface area (Å²) in [6.07, 6.45) is 8.08. The van der Waals surface area contributed by atoms with Gasteiger partial charge in [0.1, 0.15) is 0 Å². The standard InChI is InChI=1S/C11H16N2/c1-2-8-4-9-6-12-7-10(9)5-11(8)13-3-1/h1,3,8-10,12H,2,4-7H2. The van der Waals surface area contributed by atoms with Crippen molar-refractivity contribution in [3.05, 3.63) is 12.3 Å². The van der Waals surface area contributed by atoms with Crippen molar-refractivity contribution in [3.63, 3.8) is 0 Å². The fraction of sp³-hybridized carbons (Fsp3) is 0.727. The highest BCUT2D eigenvalue weighted by Crippen LogP contribution is 2.37. The van der Waals surface area contributed by atoms with Crippen molar-refractivity contribution in [2.45, 2.75) is 19.3 Å². The van der Waals surface area contributed by atoms with Crippen LogP contribution in [0.2, 0.25) is 0 Å². The number of hydrogen-bond donors (Lipinski definition) is 1. The molecule has 0 spiro atoms. The number of hydrogen-bond acceptors (Lipinski definition) is 2. The van der Waals surface area contributed by atoms with Gasteiger partial charge in [0, 0.05) is 17.8 Å². The molecule has 2 heteroatoms. The van der Waals surface area contributed by atoms with Gasteiger partial charge in [-0.1, -0.05) is 6.08 Å². The summed E-state index contributed by atoms with van der Waals surface area (Å²) in [6.45, 7) is 2.47. The molecule has 2 heterocycles. The molecule has 2 aliphatic heterocycles. The van der Waals surface area contributed by atoms with E-state index in [-0.39, 0.29) is 0 Å². The number of allylic oxidation sites excluding steroid dienone is 1. The summed E-state index contributed by atoms with van der Waals surface area (Å²) in [7, 11) is 0. The van der Waals surface area contributed by atoms with Gasteiger partial charge in [0.25, 0.3) is 0 Å². The van der Waals surface area contributed by atoms with Gasteiger partial charge in [-0.2, -0.15) is 0 Å². The fourth-order valence-electron chi connectivity index (χ4n) is 3.00. The van der Waals surface area contributed by atoms with E-state index < -0.39 is 0 Å². The molecule has 0 amide bonds. The van der Waals surface area contributed by atoms with Crippen molar-refractivity contribution < 1.29 is 0 Å². The SMILES string of the molecule is C1=CN=C2CC3CNCC3CC2C1. The lowest BCUT2D eigenvalue weighted by atomic mass is 9.73. The summed E-state index contributed by atoms with van der Waals surface area (Å²) in [6, 6.07) is 0. The topological polar surface area (TPSA) is 24.4 Å². The Morgan fingerprint density at radius 3 is 3.23 bits per heavy atom. The lowest BCUT2D eigenvalue weighted by Gasteiger charge is -2.33. The van der Waals surface area contributed by atoms with E-state index in [1.807, 2.05) is 6.20 Å². The molecule has 3 rings (SSSR count). The first-order valence-electron chi connectivity index (χ1n) is 5.36. The third-order valence-electron chi connectivity index (χ3n) is 3.78. The lowest BCUT2D eigenvalue weighted by molar-refractivity contribution is 0.330. The molecule has 1 N–H and O–H groups in total. The average Bonchev–Trinajstić information content (AvgIpc) is 2.61. The molecule has 1 saturated carbocycles.